The van der Waals surface area contributed by atoms with E-state index in [1.165, 1.54) is 12.1 Å². The van der Waals surface area contributed by atoms with Gasteiger partial charge in [-0.1, -0.05) is 25.1 Å². The quantitative estimate of drug-likeness (QED) is 0.653. The molecular weight excluding hydrogens is 331 g/mol. The van der Waals surface area contributed by atoms with Gasteiger partial charge in [-0.3, -0.25) is 14.5 Å². The Hall–Kier alpha value is -3.02. The third-order valence-corrected chi connectivity index (χ3v) is 4.19. The molecule has 1 aromatic carbocycles. The van der Waals surface area contributed by atoms with E-state index in [9.17, 15) is 9.18 Å². The zero-order valence-corrected chi connectivity index (χ0v) is 14.6. The summed E-state index contributed by atoms with van der Waals surface area (Å²) in [5.74, 6) is -0.328. The molecule has 3 aromatic rings. The van der Waals surface area contributed by atoms with Crippen molar-refractivity contribution in [1.29, 1.82) is 0 Å². The number of carbonyl (C=O) groups excluding carboxylic acids is 1. The molecule has 0 radical (unpaired) electrons. The fraction of sp³-hybridized carbons (Fsp3) is 0.250. The van der Waals surface area contributed by atoms with Gasteiger partial charge in [-0.15, -0.1) is 0 Å². The topological polar surface area (TPSA) is 51.0 Å². The van der Waals surface area contributed by atoms with E-state index in [2.05, 4.69) is 10.1 Å². The van der Waals surface area contributed by atoms with Gasteiger partial charge >= 0.3 is 0 Å². The Morgan fingerprint density at radius 3 is 2.54 bits per heavy atom. The van der Waals surface area contributed by atoms with Gasteiger partial charge in [0.25, 0.3) is 0 Å². The molecule has 2 aromatic heterocycles. The Kier molecular flexibility index (Phi) is 5.73. The first-order valence-electron chi connectivity index (χ1n) is 8.59. The summed E-state index contributed by atoms with van der Waals surface area (Å²) >= 11 is 0. The molecule has 0 aliphatic rings. The summed E-state index contributed by atoms with van der Waals surface area (Å²) in [5.41, 5.74) is 1.67. The Bertz CT molecular complexity index is 819. The highest BCUT2D eigenvalue weighted by Gasteiger charge is 2.25. The lowest BCUT2D eigenvalue weighted by Crippen LogP contribution is -2.36. The second kappa shape index (κ2) is 8.38. The highest BCUT2D eigenvalue weighted by atomic mass is 19.1. The van der Waals surface area contributed by atoms with E-state index in [1.54, 1.807) is 46.4 Å². The summed E-state index contributed by atoms with van der Waals surface area (Å²) in [6.45, 7) is 2.73. The van der Waals surface area contributed by atoms with Crippen molar-refractivity contribution in [3.63, 3.8) is 0 Å². The van der Waals surface area contributed by atoms with Crippen LogP contribution in [0.5, 0.6) is 0 Å². The second-order valence-electron chi connectivity index (χ2n) is 6.05. The fourth-order valence-corrected chi connectivity index (χ4v) is 2.86. The Balaban J connectivity index is 1.85. The van der Waals surface area contributed by atoms with Gasteiger partial charge in [0.1, 0.15) is 11.9 Å². The van der Waals surface area contributed by atoms with Crippen LogP contribution in [0.4, 0.5) is 4.39 Å². The molecule has 134 valence electrons. The lowest BCUT2D eigenvalue weighted by molar-refractivity contribution is -0.136. The minimum absolute atomic E-state index is 0.0359. The summed E-state index contributed by atoms with van der Waals surface area (Å²) in [4.78, 5) is 19.3. The standard InChI is InChI=1S/C20H21FN4O/c1-2-19(25-13-5-12-23-25)20(26)24(15-18-6-3-4-11-22-18)14-16-7-9-17(21)10-8-16/h3-13,19H,2,14-15H2,1H3. The summed E-state index contributed by atoms with van der Waals surface area (Å²) in [6.07, 6.45) is 5.80. The van der Waals surface area contributed by atoms with E-state index in [-0.39, 0.29) is 17.8 Å². The number of aromatic nitrogens is 3. The Morgan fingerprint density at radius 1 is 1.12 bits per heavy atom. The average molecular weight is 352 g/mol. The van der Waals surface area contributed by atoms with Crippen molar-refractivity contribution in [2.24, 2.45) is 0 Å². The smallest absolute Gasteiger partial charge is 0.248 e. The van der Waals surface area contributed by atoms with Gasteiger partial charge in [-0.2, -0.15) is 5.10 Å². The van der Waals surface area contributed by atoms with Gasteiger partial charge in [-0.25, -0.2) is 4.39 Å². The van der Waals surface area contributed by atoms with Gasteiger partial charge in [0.15, 0.2) is 0 Å². The maximum Gasteiger partial charge on any atom is 0.248 e. The van der Waals surface area contributed by atoms with Crippen molar-refractivity contribution in [2.45, 2.75) is 32.5 Å². The van der Waals surface area contributed by atoms with Crippen molar-refractivity contribution in [3.05, 3.63) is 84.2 Å². The largest absolute Gasteiger partial charge is 0.331 e. The van der Waals surface area contributed by atoms with E-state index in [1.807, 2.05) is 25.1 Å². The zero-order chi connectivity index (χ0) is 18.4. The lowest BCUT2D eigenvalue weighted by atomic mass is 10.1. The average Bonchev–Trinajstić information content (AvgIpc) is 3.19. The number of hydrogen-bond donors (Lipinski definition) is 0. The fourth-order valence-electron chi connectivity index (χ4n) is 2.86. The molecule has 3 rings (SSSR count). The highest BCUT2D eigenvalue weighted by Crippen LogP contribution is 2.18. The van der Waals surface area contributed by atoms with Crippen LogP contribution in [0.3, 0.4) is 0 Å². The summed E-state index contributed by atoms with van der Waals surface area (Å²) in [5, 5.41) is 4.22. The molecular formula is C20H21FN4O. The van der Waals surface area contributed by atoms with Crippen LogP contribution in [0.1, 0.15) is 30.6 Å². The first kappa shape index (κ1) is 17.8. The van der Waals surface area contributed by atoms with Gasteiger partial charge in [0.05, 0.1) is 12.2 Å². The molecule has 1 atom stereocenters. The maximum absolute atomic E-state index is 13.2. The van der Waals surface area contributed by atoms with Crippen LogP contribution in [0.2, 0.25) is 0 Å². The molecule has 0 N–H and O–H groups in total. The molecule has 26 heavy (non-hydrogen) atoms. The normalized spacial score (nSPS) is 11.9. The van der Waals surface area contributed by atoms with E-state index in [0.717, 1.165) is 11.3 Å². The van der Waals surface area contributed by atoms with E-state index in [0.29, 0.717) is 19.5 Å². The number of hydrogen-bond acceptors (Lipinski definition) is 3. The molecule has 0 aliphatic heterocycles. The number of nitrogens with zero attached hydrogens (tertiary/aromatic N) is 4. The van der Waals surface area contributed by atoms with Crippen LogP contribution in [0.25, 0.3) is 0 Å². The summed E-state index contributed by atoms with van der Waals surface area (Å²) in [7, 11) is 0. The molecule has 1 unspecified atom stereocenters. The summed E-state index contributed by atoms with van der Waals surface area (Å²) in [6, 6.07) is 13.3. The Morgan fingerprint density at radius 2 is 1.92 bits per heavy atom. The molecule has 0 spiro atoms. The maximum atomic E-state index is 13.2. The SMILES string of the molecule is CCC(C(=O)N(Cc1ccc(F)cc1)Cc1ccccn1)n1cccn1. The third kappa shape index (κ3) is 4.33. The predicted molar refractivity (Wildman–Crippen MR) is 96.4 cm³/mol. The highest BCUT2D eigenvalue weighted by molar-refractivity contribution is 5.80. The van der Waals surface area contributed by atoms with Gasteiger partial charge in [-0.05, 0) is 42.3 Å². The number of rotatable bonds is 7. The molecule has 1 amide bonds. The number of pyridine rings is 1. The van der Waals surface area contributed by atoms with Crippen molar-refractivity contribution >= 4 is 5.91 Å². The van der Waals surface area contributed by atoms with Crippen LogP contribution in [-0.2, 0) is 17.9 Å². The monoisotopic (exact) mass is 352 g/mol. The van der Waals surface area contributed by atoms with E-state index in [4.69, 9.17) is 0 Å². The van der Waals surface area contributed by atoms with Crippen molar-refractivity contribution in [2.75, 3.05) is 0 Å². The minimum Gasteiger partial charge on any atom is -0.331 e. The minimum atomic E-state index is -0.380. The molecule has 5 nitrogen and oxygen atoms in total. The van der Waals surface area contributed by atoms with Gasteiger partial charge in [0.2, 0.25) is 5.91 Å². The van der Waals surface area contributed by atoms with Crippen molar-refractivity contribution in [3.8, 4) is 0 Å². The van der Waals surface area contributed by atoms with Crippen LogP contribution in [0.15, 0.2) is 67.1 Å². The lowest BCUT2D eigenvalue weighted by Gasteiger charge is -2.27. The number of halogens is 1. The number of benzene rings is 1. The first-order valence-corrected chi connectivity index (χ1v) is 8.59. The van der Waals surface area contributed by atoms with Crippen molar-refractivity contribution in [1.82, 2.24) is 19.7 Å². The molecule has 2 heterocycles. The van der Waals surface area contributed by atoms with Crippen LogP contribution >= 0.6 is 0 Å². The second-order valence-corrected chi connectivity index (χ2v) is 6.05. The van der Waals surface area contributed by atoms with Crippen molar-refractivity contribution < 1.29 is 9.18 Å². The number of amides is 1. The van der Waals surface area contributed by atoms with Crippen LogP contribution in [0, 0.1) is 5.82 Å². The van der Waals surface area contributed by atoms with Gasteiger partial charge < -0.3 is 4.90 Å². The van der Waals surface area contributed by atoms with Crippen LogP contribution < -0.4 is 0 Å². The molecule has 0 saturated heterocycles. The van der Waals surface area contributed by atoms with Gasteiger partial charge in [0, 0.05) is 25.1 Å². The van der Waals surface area contributed by atoms with E-state index >= 15 is 0 Å². The zero-order valence-electron chi connectivity index (χ0n) is 14.6. The first-order chi connectivity index (χ1) is 12.7. The number of carbonyl (C=O) groups is 1. The molecule has 6 heteroatoms. The third-order valence-electron chi connectivity index (χ3n) is 4.19. The molecule has 0 aliphatic carbocycles. The molecule has 0 fully saturated rings. The summed E-state index contributed by atoms with van der Waals surface area (Å²) < 4.78 is 14.9. The van der Waals surface area contributed by atoms with E-state index < -0.39 is 0 Å². The Labute approximate surface area is 152 Å². The predicted octanol–water partition coefficient (Wildman–Crippen LogP) is 3.60. The van der Waals surface area contributed by atoms with Crippen LogP contribution in [-0.4, -0.2) is 25.6 Å². The molecule has 0 bridgehead atoms. The molecule has 0 saturated carbocycles.